The van der Waals surface area contributed by atoms with Crippen LogP contribution in [0, 0.1) is 32.8 Å². The van der Waals surface area contributed by atoms with Gasteiger partial charge in [0.25, 0.3) is 5.69 Å². The third-order valence-corrected chi connectivity index (χ3v) is 2.45. The molecule has 86 valence electrons. The van der Waals surface area contributed by atoms with Gasteiger partial charge in [0.15, 0.2) is 0 Å². The van der Waals surface area contributed by atoms with Crippen LogP contribution < -0.4 is 0 Å². The largest absolute Gasteiger partial charge is 0.361 e. The Morgan fingerprint density at radius 1 is 1.39 bits per heavy atom. The standard InChI is InChI=1S/C12H6N4O2/c13-5-8(6-14)3-9-7-15-12-2-1-10(16(17)18)4-11(9)12/h1-4,7,15H. The SMILES string of the molecule is N#CC(C#N)=Cc1c[nH]c2ccc([N+](=O)[O-])cc12. The number of hydrogen-bond donors (Lipinski definition) is 1. The Kier molecular flexibility index (Phi) is 2.78. The van der Waals surface area contributed by atoms with Gasteiger partial charge in [-0.15, -0.1) is 0 Å². The highest BCUT2D eigenvalue weighted by atomic mass is 16.6. The summed E-state index contributed by atoms with van der Waals surface area (Å²) < 4.78 is 0. The Morgan fingerprint density at radius 3 is 2.72 bits per heavy atom. The minimum absolute atomic E-state index is 0.0350. The predicted molar refractivity (Wildman–Crippen MR) is 64.2 cm³/mol. The zero-order chi connectivity index (χ0) is 13.1. The molecule has 0 spiro atoms. The van der Waals surface area contributed by atoms with Crippen molar-refractivity contribution in [1.29, 1.82) is 10.5 Å². The van der Waals surface area contributed by atoms with Crippen LogP contribution in [0.4, 0.5) is 5.69 Å². The third kappa shape index (κ3) is 1.91. The van der Waals surface area contributed by atoms with Gasteiger partial charge >= 0.3 is 0 Å². The number of fused-ring (bicyclic) bond motifs is 1. The fourth-order valence-electron chi connectivity index (χ4n) is 1.61. The molecule has 2 aromatic rings. The number of nitriles is 2. The van der Waals surface area contributed by atoms with Gasteiger partial charge < -0.3 is 4.98 Å². The van der Waals surface area contributed by atoms with Gasteiger partial charge in [-0.1, -0.05) is 0 Å². The summed E-state index contributed by atoms with van der Waals surface area (Å²) in [4.78, 5) is 13.1. The van der Waals surface area contributed by atoms with Crippen LogP contribution in [-0.2, 0) is 0 Å². The van der Waals surface area contributed by atoms with Crippen molar-refractivity contribution in [3.05, 3.63) is 45.6 Å². The highest BCUT2D eigenvalue weighted by molar-refractivity contribution is 5.91. The molecule has 0 aliphatic rings. The number of aromatic nitrogens is 1. The molecule has 0 aliphatic carbocycles. The van der Waals surface area contributed by atoms with Gasteiger partial charge in [-0.3, -0.25) is 10.1 Å². The van der Waals surface area contributed by atoms with E-state index in [0.717, 1.165) is 0 Å². The van der Waals surface area contributed by atoms with E-state index in [4.69, 9.17) is 10.5 Å². The average molecular weight is 238 g/mol. The molecule has 0 aliphatic heterocycles. The summed E-state index contributed by atoms with van der Waals surface area (Å²) in [7, 11) is 0. The number of non-ortho nitro benzene ring substituents is 1. The number of nitro benzene ring substituents is 1. The van der Waals surface area contributed by atoms with Gasteiger partial charge in [0.2, 0.25) is 0 Å². The molecule has 0 saturated heterocycles. The monoisotopic (exact) mass is 238 g/mol. The molecule has 0 unspecified atom stereocenters. The van der Waals surface area contributed by atoms with E-state index >= 15 is 0 Å². The molecule has 0 radical (unpaired) electrons. The Hall–Kier alpha value is -3.12. The van der Waals surface area contributed by atoms with E-state index in [2.05, 4.69) is 4.98 Å². The van der Waals surface area contributed by atoms with Gasteiger partial charge in [-0.05, 0) is 12.1 Å². The summed E-state index contributed by atoms with van der Waals surface area (Å²) >= 11 is 0. The van der Waals surface area contributed by atoms with E-state index in [0.29, 0.717) is 16.5 Å². The van der Waals surface area contributed by atoms with E-state index in [-0.39, 0.29) is 11.3 Å². The first-order valence-electron chi connectivity index (χ1n) is 4.93. The number of aromatic amines is 1. The van der Waals surface area contributed by atoms with Crippen molar-refractivity contribution in [1.82, 2.24) is 4.98 Å². The summed E-state index contributed by atoms with van der Waals surface area (Å²) in [5.74, 6) is 0. The molecule has 0 saturated carbocycles. The van der Waals surface area contributed by atoms with Crippen LogP contribution in [-0.4, -0.2) is 9.91 Å². The molecule has 6 nitrogen and oxygen atoms in total. The molecular weight excluding hydrogens is 232 g/mol. The topological polar surface area (TPSA) is 107 Å². The number of benzene rings is 1. The molecule has 0 fully saturated rings. The van der Waals surface area contributed by atoms with Crippen LogP contribution >= 0.6 is 0 Å². The maximum atomic E-state index is 10.7. The second-order valence-electron chi connectivity index (χ2n) is 3.51. The minimum atomic E-state index is -0.491. The Morgan fingerprint density at radius 2 is 2.11 bits per heavy atom. The van der Waals surface area contributed by atoms with E-state index in [1.54, 1.807) is 24.4 Å². The van der Waals surface area contributed by atoms with Crippen molar-refractivity contribution in [3.63, 3.8) is 0 Å². The number of nitro groups is 1. The summed E-state index contributed by atoms with van der Waals surface area (Å²) in [6, 6.07) is 7.87. The van der Waals surface area contributed by atoms with E-state index in [1.807, 2.05) is 0 Å². The zero-order valence-electron chi connectivity index (χ0n) is 9.04. The lowest BCUT2D eigenvalue weighted by Gasteiger charge is -1.93. The maximum absolute atomic E-state index is 10.7. The smallest absolute Gasteiger partial charge is 0.270 e. The number of nitrogens with one attached hydrogen (secondary N) is 1. The summed E-state index contributed by atoms with van der Waals surface area (Å²) in [5.41, 5.74) is 1.20. The molecular formula is C12H6N4O2. The molecule has 2 rings (SSSR count). The first-order valence-corrected chi connectivity index (χ1v) is 4.93. The molecule has 0 bridgehead atoms. The Bertz CT molecular complexity index is 728. The van der Waals surface area contributed by atoms with Gasteiger partial charge in [-0.25, -0.2) is 0 Å². The first kappa shape index (κ1) is 11.4. The molecule has 1 heterocycles. The normalized spacial score (nSPS) is 9.44. The fraction of sp³-hybridized carbons (Fsp3) is 0. The molecule has 1 aromatic carbocycles. The lowest BCUT2D eigenvalue weighted by Crippen LogP contribution is -1.86. The highest BCUT2D eigenvalue weighted by Crippen LogP contribution is 2.25. The number of allylic oxidation sites excluding steroid dienone is 1. The summed E-state index contributed by atoms with van der Waals surface area (Å²) in [6.45, 7) is 0. The van der Waals surface area contributed by atoms with Crippen molar-refractivity contribution in [2.24, 2.45) is 0 Å². The van der Waals surface area contributed by atoms with Crippen LogP contribution in [0.25, 0.3) is 17.0 Å². The van der Waals surface area contributed by atoms with Gasteiger partial charge in [0, 0.05) is 34.8 Å². The first-order chi connectivity index (χ1) is 8.65. The lowest BCUT2D eigenvalue weighted by molar-refractivity contribution is -0.384. The molecule has 1 aromatic heterocycles. The van der Waals surface area contributed by atoms with Crippen LogP contribution in [0.3, 0.4) is 0 Å². The van der Waals surface area contributed by atoms with Gasteiger partial charge in [0.1, 0.15) is 17.7 Å². The zero-order valence-corrected chi connectivity index (χ0v) is 9.04. The second kappa shape index (κ2) is 4.40. The van der Waals surface area contributed by atoms with Crippen LogP contribution in [0.2, 0.25) is 0 Å². The molecule has 18 heavy (non-hydrogen) atoms. The quantitative estimate of drug-likeness (QED) is 0.492. The summed E-state index contributed by atoms with van der Waals surface area (Å²) in [6.07, 6.45) is 2.99. The number of H-pyrrole nitrogens is 1. The molecule has 0 amide bonds. The Balaban J connectivity index is 2.64. The van der Waals surface area contributed by atoms with Crippen molar-refractivity contribution in [3.8, 4) is 12.1 Å². The van der Waals surface area contributed by atoms with Crippen molar-refractivity contribution >= 4 is 22.7 Å². The molecule has 0 atom stereocenters. The lowest BCUT2D eigenvalue weighted by atomic mass is 10.1. The van der Waals surface area contributed by atoms with Crippen molar-refractivity contribution in [2.45, 2.75) is 0 Å². The molecule has 6 heteroatoms. The second-order valence-corrected chi connectivity index (χ2v) is 3.51. The Labute approximate surface area is 102 Å². The van der Waals surface area contributed by atoms with Crippen LogP contribution in [0.15, 0.2) is 30.0 Å². The van der Waals surface area contributed by atoms with E-state index < -0.39 is 4.92 Å². The molecule has 1 N–H and O–H groups in total. The van der Waals surface area contributed by atoms with Gasteiger partial charge in [-0.2, -0.15) is 10.5 Å². The fourth-order valence-corrected chi connectivity index (χ4v) is 1.61. The number of rotatable bonds is 2. The number of hydrogen-bond acceptors (Lipinski definition) is 4. The predicted octanol–water partition coefficient (Wildman–Crippen LogP) is 2.51. The van der Waals surface area contributed by atoms with E-state index in [9.17, 15) is 10.1 Å². The van der Waals surface area contributed by atoms with Crippen LogP contribution in [0.5, 0.6) is 0 Å². The highest BCUT2D eigenvalue weighted by Gasteiger charge is 2.09. The summed E-state index contributed by atoms with van der Waals surface area (Å²) in [5, 5.41) is 28.7. The third-order valence-electron chi connectivity index (χ3n) is 2.45. The van der Waals surface area contributed by atoms with Crippen LogP contribution in [0.1, 0.15) is 5.56 Å². The van der Waals surface area contributed by atoms with Crippen molar-refractivity contribution < 1.29 is 4.92 Å². The average Bonchev–Trinajstić information content (AvgIpc) is 2.78. The van der Waals surface area contributed by atoms with Crippen molar-refractivity contribution in [2.75, 3.05) is 0 Å². The number of nitrogens with zero attached hydrogens (tertiary/aromatic N) is 3. The van der Waals surface area contributed by atoms with Gasteiger partial charge in [0.05, 0.1) is 4.92 Å². The van der Waals surface area contributed by atoms with E-state index in [1.165, 1.54) is 18.2 Å². The maximum Gasteiger partial charge on any atom is 0.270 e. The minimum Gasteiger partial charge on any atom is -0.361 e.